The highest BCUT2D eigenvalue weighted by atomic mass is 32.1. The fourth-order valence-corrected chi connectivity index (χ4v) is 2.83. The van der Waals surface area contributed by atoms with E-state index in [1.54, 1.807) is 18.2 Å². The Morgan fingerprint density at radius 3 is 2.88 bits per heavy atom. The van der Waals surface area contributed by atoms with Gasteiger partial charge < -0.3 is 15.5 Å². The van der Waals surface area contributed by atoms with Crippen LogP contribution in [-0.2, 0) is 0 Å². The molecule has 3 rings (SSSR count). The number of hydrogen-bond acceptors (Lipinski definition) is 6. The Hall–Kier alpha value is -3.40. The van der Waals surface area contributed by atoms with Gasteiger partial charge in [0.05, 0.1) is 10.4 Å². The molecule has 4 N–H and O–H groups in total. The van der Waals surface area contributed by atoms with Crippen LogP contribution in [0.15, 0.2) is 41.4 Å². The van der Waals surface area contributed by atoms with Crippen molar-refractivity contribution in [2.75, 3.05) is 7.05 Å². The first-order valence-corrected chi connectivity index (χ1v) is 7.87. The number of rotatable bonds is 4. The molecule has 1 aromatic carbocycles. The number of thiophene rings is 1. The quantitative estimate of drug-likeness (QED) is 0.285. The third kappa shape index (κ3) is 3.43. The molecular formula is C15H13N5O4S. The zero-order chi connectivity index (χ0) is 18.0. The monoisotopic (exact) mass is 359 g/mol. The van der Waals surface area contributed by atoms with Crippen molar-refractivity contribution in [3.8, 4) is 10.8 Å². The highest BCUT2D eigenvalue weighted by molar-refractivity contribution is 7.17. The van der Waals surface area contributed by atoms with E-state index >= 15 is 0 Å². The van der Waals surface area contributed by atoms with Gasteiger partial charge in [0.1, 0.15) is 5.69 Å². The lowest BCUT2D eigenvalue weighted by Gasteiger charge is -2.03. The number of H-pyrrole nitrogens is 1. The summed E-state index contributed by atoms with van der Waals surface area (Å²) in [5, 5.41) is 14.3. The van der Waals surface area contributed by atoms with Crippen molar-refractivity contribution in [3.05, 3.63) is 52.2 Å². The van der Waals surface area contributed by atoms with Crippen LogP contribution >= 0.6 is 11.3 Å². The maximum absolute atomic E-state index is 12.1. The van der Waals surface area contributed by atoms with Crippen molar-refractivity contribution in [2.45, 2.75) is 0 Å². The van der Waals surface area contributed by atoms with Crippen LogP contribution in [0.2, 0.25) is 0 Å². The van der Waals surface area contributed by atoms with E-state index in [2.05, 4.69) is 15.3 Å². The smallest absolute Gasteiger partial charge is 0.327 e. The van der Waals surface area contributed by atoms with Crippen molar-refractivity contribution in [3.63, 3.8) is 0 Å². The Balaban J connectivity index is 1.91. The van der Waals surface area contributed by atoms with E-state index in [1.165, 1.54) is 19.2 Å². The molecule has 0 saturated carbocycles. The summed E-state index contributed by atoms with van der Waals surface area (Å²) >= 11 is 0.922. The van der Waals surface area contributed by atoms with E-state index in [0.29, 0.717) is 16.3 Å². The van der Waals surface area contributed by atoms with E-state index in [4.69, 9.17) is 10.5 Å². The topological polar surface area (TPSA) is 136 Å². The van der Waals surface area contributed by atoms with Crippen molar-refractivity contribution in [1.29, 1.82) is 0 Å². The maximum atomic E-state index is 12.1. The molecule has 25 heavy (non-hydrogen) atoms. The van der Waals surface area contributed by atoms with Gasteiger partial charge in [-0.3, -0.25) is 25.2 Å². The van der Waals surface area contributed by atoms with Crippen LogP contribution in [-0.4, -0.2) is 28.8 Å². The van der Waals surface area contributed by atoms with Crippen molar-refractivity contribution >= 4 is 39.1 Å². The molecule has 1 amide bonds. The number of carbonyl (C=O) groups excluding carboxylic acids is 1. The summed E-state index contributed by atoms with van der Waals surface area (Å²) in [6.45, 7) is 0. The summed E-state index contributed by atoms with van der Waals surface area (Å²) in [6.07, 6.45) is 0. The highest BCUT2D eigenvalue weighted by Gasteiger charge is 2.15. The summed E-state index contributed by atoms with van der Waals surface area (Å²) in [5.41, 5.74) is 6.37. The molecule has 0 radical (unpaired) electrons. The van der Waals surface area contributed by atoms with Crippen LogP contribution in [0, 0.1) is 10.1 Å². The Kier molecular flexibility index (Phi) is 4.35. The highest BCUT2D eigenvalue weighted by Crippen LogP contribution is 2.36. The van der Waals surface area contributed by atoms with Crippen LogP contribution < -0.4 is 15.8 Å². The molecule has 0 unspecified atom stereocenters. The van der Waals surface area contributed by atoms with Gasteiger partial charge in [0.2, 0.25) is 0 Å². The fraction of sp³-hybridized carbons (Fsp3) is 0.0667. The summed E-state index contributed by atoms with van der Waals surface area (Å²) in [7, 11) is 1.47. The SMILES string of the molecule is CN=C(N)NC(=O)c1cc2cccc(Oc3ccc([N+](=O)[O-])s3)c2[nH]1. The number of aromatic nitrogens is 1. The first kappa shape index (κ1) is 16.5. The number of para-hydroxylation sites is 1. The molecule has 0 fully saturated rings. The lowest BCUT2D eigenvalue weighted by molar-refractivity contribution is -0.380. The number of aromatic amines is 1. The third-order valence-electron chi connectivity index (χ3n) is 3.30. The number of hydrogen-bond donors (Lipinski definition) is 3. The molecule has 9 nitrogen and oxygen atoms in total. The van der Waals surface area contributed by atoms with Gasteiger partial charge >= 0.3 is 5.00 Å². The van der Waals surface area contributed by atoms with Crippen LogP contribution in [0.25, 0.3) is 10.9 Å². The first-order chi connectivity index (χ1) is 12.0. The number of amides is 1. The molecule has 2 aromatic heterocycles. The van der Waals surface area contributed by atoms with Crippen molar-refractivity contribution in [2.24, 2.45) is 10.7 Å². The lowest BCUT2D eigenvalue weighted by atomic mass is 10.2. The van der Waals surface area contributed by atoms with E-state index in [0.717, 1.165) is 16.7 Å². The largest absolute Gasteiger partial charge is 0.444 e. The molecule has 128 valence electrons. The minimum Gasteiger partial charge on any atom is -0.444 e. The second-order valence-electron chi connectivity index (χ2n) is 4.92. The Bertz CT molecular complexity index is 991. The third-order valence-corrected chi connectivity index (χ3v) is 4.22. The Morgan fingerprint density at radius 1 is 1.40 bits per heavy atom. The maximum Gasteiger partial charge on any atom is 0.327 e. The second kappa shape index (κ2) is 6.61. The number of fused-ring (bicyclic) bond motifs is 1. The van der Waals surface area contributed by atoms with Gasteiger partial charge in [0.25, 0.3) is 5.91 Å². The molecule has 0 spiro atoms. The number of guanidine groups is 1. The number of benzene rings is 1. The number of ether oxygens (including phenoxy) is 1. The lowest BCUT2D eigenvalue weighted by Crippen LogP contribution is -2.36. The van der Waals surface area contributed by atoms with Crippen LogP contribution in [0.4, 0.5) is 5.00 Å². The molecule has 10 heteroatoms. The van der Waals surface area contributed by atoms with Gasteiger partial charge in [0, 0.05) is 18.5 Å². The molecule has 0 atom stereocenters. The number of carbonyl (C=O) groups is 1. The summed E-state index contributed by atoms with van der Waals surface area (Å²) < 4.78 is 5.72. The van der Waals surface area contributed by atoms with Gasteiger partial charge in [-0.05, 0) is 29.5 Å². The summed E-state index contributed by atoms with van der Waals surface area (Å²) in [5.74, 6) is 0.0217. The standard InChI is InChI=1S/C15H13N5O4S/c1-17-15(16)19-14(21)9-7-8-3-2-4-10(13(8)18-9)24-12-6-5-11(25-12)20(22)23/h2-7,18H,1H3,(H3,16,17,19,21). The summed E-state index contributed by atoms with van der Waals surface area (Å²) in [6, 6.07) is 9.82. The fourth-order valence-electron chi connectivity index (χ4n) is 2.15. The predicted molar refractivity (Wildman–Crippen MR) is 94.4 cm³/mol. The summed E-state index contributed by atoms with van der Waals surface area (Å²) in [4.78, 5) is 29.0. The number of nitrogens with one attached hydrogen (secondary N) is 2. The minimum atomic E-state index is -0.477. The van der Waals surface area contributed by atoms with E-state index in [1.807, 2.05) is 6.07 Å². The number of nitro groups is 1. The van der Waals surface area contributed by atoms with Gasteiger partial charge in [0.15, 0.2) is 16.8 Å². The van der Waals surface area contributed by atoms with E-state index in [-0.39, 0.29) is 16.7 Å². The minimum absolute atomic E-state index is 0.00558. The predicted octanol–water partition coefficient (Wildman–Crippen LogP) is 2.60. The van der Waals surface area contributed by atoms with E-state index < -0.39 is 10.8 Å². The molecule has 0 bridgehead atoms. The van der Waals surface area contributed by atoms with Crippen molar-refractivity contribution in [1.82, 2.24) is 10.3 Å². The van der Waals surface area contributed by atoms with E-state index in [9.17, 15) is 14.9 Å². The second-order valence-corrected chi connectivity index (χ2v) is 5.94. The van der Waals surface area contributed by atoms with Crippen LogP contribution in [0.5, 0.6) is 10.8 Å². The van der Waals surface area contributed by atoms with Gasteiger partial charge in [-0.15, -0.1) is 0 Å². The average molecular weight is 359 g/mol. The molecular weight excluding hydrogens is 346 g/mol. The van der Waals surface area contributed by atoms with Gasteiger partial charge in [-0.1, -0.05) is 12.1 Å². The zero-order valence-corrected chi connectivity index (χ0v) is 13.8. The Morgan fingerprint density at radius 2 is 2.20 bits per heavy atom. The normalized spacial score (nSPS) is 11.5. The Labute approximate surface area is 145 Å². The number of nitrogens with zero attached hydrogens (tertiary/aromatic N) is 2. The molecule has 2 heterocycles. The van der Waals surface area contributed by atoms with Crippen molar-refractivity contribution < 1.29 is 14.5 Å². The molecule has 0 saturated heterocycles. The molecule has 0 aliphatic rings. The zero-order valence-electron chi connectivity index (χ0n) is 13.0. The molecule has 0 aliphatic heterocycles. The average Bonchev–Trinajstić information content (AvgIpc) is 3.22. The number of nitrogens with two attached hydrogens (primary N) is 1. The van der Waals surface area contributed by atoms with Gasteiger partial charge in [-0.25, -0.2) is 0 Å². The first-order valence-electron chi connectivity index (χ1n) is 7.05. The van der Waals surface area contributed by atoms with Gasteiger partial charge in [-0.2, -0.15) is 0 Å². The van der Waals surface area contributed by atoms with Crippen LogP contribution in [0.3, 0.4) is 0 Å². The molecule has 3 aromatic rings. The van der Waals surface area contributed by atoms with Crippen LogP contribution in [0.1, 0.15) is 10.5 Å². The molecule has 0 aliphatic carbocycles. The number of aliphatic imine (C=N–C) groups is 1.